The monoisotopic (exact) mass is 359 g/mol. The Morgan fingerprint density at radius 1 is 1.24 bits per heavy atom. The van der Waals surface area contributed by atoms with Gasteiger partial charge in [-0.3, -0.25) is 19.9 Å². The minimum absolute atomic E-state index is 0.0209. The maximum atomic E-state index is 12.1. The fraction of sp³-hybridized carbons (Fsp3) is 0.500. The maximum absolute atomic E-state index is 12.1. The summed E-state index contributed by atoms with van der Waals surface area (Å²) in [5.41, 5.74) is 5.66. The van der Waals surface area contributed by atoms with Crippen LogP contribution in [0, 0.1) is 13.8 Å². The molecule has 1 aliphatic rings. The molecule has 1 atom stereocenters. The minimum atomic E-state index is -0.0209. The predicted octanol–water partition coefficient (Wildman–Crippen LogP) is 2.47. The Morgan fingerprint density at radius 2 is 2.00 bits per heavy atom. The number of rotatable bonds is 5. The fourth-order valence-corrected chi connectivity index (χ4v) is 3.59. The topological polar surface area (TPSA) is 61.4 Å². The van der Waals surface area contributed by atoms with Gasteiger partial charge in [0.15, 0.2) is 0 Å². The van der Waals surface area contributed by atoms with E-state index >= 15 is 0 Å². The molecule has 0 saturated carbocycles. The summed E-state index contributed by atoms with van der Waals surface area (Å²) in [6, 6.07) is 7.13. The summed E-state index contributed by atoms with van der Waals surface area (Å²) >= 11 is 1.34. The average molecular weight is 359 g/mol. The molecule has 7 heteroatoms. The van der Waals surface area contributed by atoms with Crippen LogP contribution in [0.4, 0.5) is 5.13 Å². The number of hydrogen-bond donors (Lipinski definition) is 1. The van der Waals surface area contributed by atoms with Gasteiger partial charge >= 0.3 is 0 Å². The molecule has 0 bridgehead atoms. The van der Waals surface area contributed by atoms with E-state index in [4.69, 9.17) is 0 Å². The van der Waals surface area contributed by atoms with Crippen LogP contribution in [-0.4, -0.2) is 58.6 Å². The molecule has 6 nitrogen and oxygen atoms in total. The zero-order valence-electron chi connectivity index (χ0n) is 15.0. The molecule has 1 aromatic carbocycles. The molecule has 1 aromatic heterocycles. The van der Waals surface area contributed by atoms with Crippen LogP contribution in [0.3, 0.4) is 0 Å². The summed E-state index contributed by atoms with van der Waals surface area (Å²) in [6.07, 6.45) is 0. The third-order valence-corrected chi connectivity index (χ3v) is 5.55. The van der Waals surface area contributed by atoms with E-state index in [-0.39, 0.29) is 5.91 Å². The first-order valence-electron chi connectivity index (χ1n) is 8.62. The van der Waals surface area contributed by atoms with Gasteiger partial charge in [0.2, 0.25) is 11.0 Å². The van der Waals surface area contributed by atoms with Crippen molar-refractivity contribution in [1.29, 1.82) is 0 Å². The number of nitrogens with zero attached hydrogens (tertiary/aromatic N) is 4. The van der Waals surface area contributed by atoms with E-state index in [1.54, 1.807) is 5.51 Å². The first-order valence-corrected chi connectivity index (χ1v) is 9.50. The summed E-state index contributed by atoms with van der Waals surface area (Å²) in [5.74, 6) is -0.0209. The van der Waals surface area contributed by atoms with Crippen LogP contribution in [0.2, 0.25) is 0 Å². The van der Waals surface area contributed by atoms with E-state index < -0.39 is 0 Å². The summed E-state index contributed by atoms with van der Waals surface area (Å²) in [5, 5.41) is 10.9. The number of aromatic nitrogens is 2. The van der Waals surface area contributed by atoms with Crippen molar-refractivity contribution in [2.45, 2.75) is 26.8 Å². The Kier molecular flexibility index (Phi) is 5.78. The highest BCUT2D eigenvalue weighted by Crippen LogP contribution is 2.23. The van der Waals surface area contributed by atoms with Gasteiger partial charge in [0.1, 0.15) is 5.51 Å². The van der Waals surface area contributed by atoms with Gasteiger partial charge in [-0.1, -0.05) is 29.5 Å². The van der Waals surface area contributed by atoms with Crippen LogP contribution in [0.25, 0.3) is 0 Å². The number of carbonyl (C=O) groups excluding carboxylic acids is 1. The zero-order valence-corrected chi connectivity index (χ0v) is 15.8. The van der Waals surface area contributed by atoms with Gasteiger partial charge < -0.3 is 0 Å². The highest BCUT2D eigenvalue weighted by Gasteiger charge is 2.23. The Balaban J connectivity index is 1.49. The van der Waals surface area contributed by atoms with Crippen LogP contribution in [0.1, 0.15) is 29.7 Å². The van der Waals surface area contributed by atoms with E-state index in [1.807, 2.05) is 0 Å². The molecule has 134 valence electrons. The molecule has 1 unspecified atom stereocenters. The van der Waals surface area contributed by atoms with Crippen LogP contribution in [0.5, 0.6) is 0 Å². The Hall–Kier alpha value is -1.83. The molecular weight excluding hydrogens is 334 g/mol. The van der Waals surface area contributed by atoms with E-state index in [0.29, 0.717) is 17.7 Å². The molecule has 1 fully saturated rings. The lowest BCUT2D eigenvalue weighted by Crippen LogP contribution is -2.49. The predicted molar refractivity (Wildman–Crippen MR) is 101 cm³/mol. The molecule has 1 N–H and O–H groups in total. The summed E-state index contributed by atoms with van der Waals surface area (Å²) in [4.78, 5) is 16.7. The lowest BCUT2D eigenvalue weighted by Gasteiger charge is -2.38. The number of aryl methyl sites for hydroxylation is 2. The van der Waals surface area contributed by atoms with Gasteiger partial charge in [0.25, 0.3) is 0 Å². The highest BCUT2D eigenvalue weighted by atomic mass is 32.1. The highest BCUT2D eigenvalue weighted by molar-refractivity contribution is 7.13. The molecule has 3 rings (SSSR count). The normalized spacial score (nSPS) is 17.4. The fourth-order valence-electron chi connectivity index (χ4n) is 3.13. The van der Waals surface area contributed by atoms with Crippen molar-refractivity contribution in [3.05, 3.63) is 40.4 Å². The van der Waals surface area contributed by atoms with Crippen LogP contribution in [-0.2, 0) is 4.79 Å². The van der Waals surface area contributed by atoms with Crippen molar-refractivity contribution in [1.82, 2.24) is 20.0 Å². The van der Waals surface area contributed by atoms with E-state index in [9.17, 15) is 4.79 Å². The smallest absolute Gasteiger partial charge is 0.240 e. The molecule has 25 heavy (non-hydrogen) atoms. The van der Waals surface area contributed by atoms with Gasteiger partial charge in [-0.05, 0) is 37.5 Å². The van der Waals surface area contributed by atoms with Crippen molar-refractivity contribution in [2.75, 3.05) is 38.0 Å². The number of hydrogen-bond acceptors (Lipinski definition) is 6. The van der Waals surface area contributed by atoms with Crippen LogP contribution in [0.15, 0.2) is 23.7 Å². The second-order valence-corrected chi connectivity index (χ2v) is 7.46. The summed E-state index contributed by atoms with van der Waals surface area (Å²) in [7, 11) is 0. The Bertz CT molecular complexity index is 710. The van der Waals surface area contributed by atoms with Crippen LogP contribution >= 0.6 is 11.3 Å². The Morgan fingerprint density at radius 3 is 2.64 bits per heavy atom. The molecule has 0 spiro atoms. The van der Waals surface area contributed by atoms with E-state index in [1.165, 1.54) is 28.0 Å². The SMILES string of the molecule is Cc1ccc(C(C)N2CCN(CC(=O)Nc3nncs3)CC2)cc1C. The van der Waals surface area contributed by atoms with Crippen molar-refractivity contribution in [3.63, 3.8) is 0 Å². The zero-order chi connectivity index (χ0) is 17.8. The molecule has 1 aliphatic heterocycles. The van der Waals surface area contributed by atoms with Crippen molar-refractivity contribution < 1.29 is 4.79 Å². The van der Waals surface area contributed by atoms with Gasteiger partial charge in [0.05, 0.1) is 6.54 Å². The van der Waals surface area contributed by atoms with Crippen molar-refractivity contribution in [2.24, 2.45) is 0 Å². The van der Waals surface area contributed by atoms with Crippen molar-refractivity contribution in [3.8, 4) is 0 Å². The lowest BCUT2D eigenvalue weighted by atomic mass is 10.0. The first kappa shape index (κ1) is 18.0. The second kappa shape index (κ2) is 8.03. The molecule has 1 saturated heterocycles. The molecule has 1 amide bonds. The van der Waals surface area contributed by atoms with Gasteiger partial charge in [-0.25, -0.2) is 0 Å². The molecule has 0 radical (unpaired) electrons. The molecule has 0 aliphatic carbocycles. The Labute approximate surface area is 152 Å². The van der Waals surface area contributed by atoms with Crippen molar-refractivity contribution >= 4 is 22.4 Å². The summed E-state index contributed by atoms with van der Waals surface area (Å²) < 4.78 is 0. The van der Waals surface area contributed by atoms with Gasteiger partial charge in [0, 0.05) is 32.2 Å². The number of anilines is 1. The standard InChI is InChI=1S/C18H25N5OS/c1-13-4-5-16(10-14(13)2)15(3)23-8-6-22(7-9-23)11-17(24)20-18-21-19-12-25-18/h4-5,10,12,15H,6-9,11H2,1-3H3,(H,20,21,24). The van der Waals surface area contributed by atoms with Crippen LogP contribution < -0.4 is 5.32 Å². The van der Waals surface area contributed by atoms with Gasteiger partial charge in [-0.15, -0.1) is 10.2 Å². The number of carbonyl (C=O) groups is 1. The number of nitrogens with one attached hydrogen (secondary N) is 1. The quantitative estimate of drug-likeness (QED) is 0.889. The summed E-state index contributed by atoms with van der Waals surface area (Å²) in [6.45, 7) is 10.7. The number of amides is 1. The minimum Gasteiger partial charge on any atom is -0.299 e. The number of piperazine rings is 1. The average Bonchev–Trinajstić information content (AvgIpc) is 3.10. The molecule has 2 aromatic rings. The van der Waals surface area contributed by atoms with E-state index in [0.717, 1.165) is 26.2 Å². The molecular formula is C18H25N5OS. The molecule has 2 heterocycles. The number of benzene rings is 1. The maximum Gasteiger partial charge on any atom is 0.240 e. The first-order chi connectivity index (χ1) is 12.0. The second-order valence-electron chi connectivity index (χ2n) is 6.62. The van der Waals surface area contributed by atoms with Gasteiger partial charge in [-0.2, -0.15) is 0 Å². The lowest BCUT2D eigenvalue weighted by molar-refractivity contribution is -0.117. The third-order valence-electron chi connectivity index (χ3n) is 4.94. The third kappa shape index (κ3) is 4.62. The largest absolute Gasteiger partial charge is 0.299 e. The van der Waals surface area contributed by atoms with E-state index in [2.05, 4.69) is 64.3 Å².